The Kier molecular flexibility index (Phi) is 6.86. The maximum atomic E-state index is 13.3. The van der Waals surface area contributed by atoms with Gasteiger partial charge in [0.05, 0.1) is 10.5 Å². The van der Waals surface area contributed by atoms with Crippen LogP contribution in [0.5, 0.6) is 11.5 Å². The Bertz CT molecular complexity index is 1170. The van der Waals surface area contributed by atoms with Crippen molar-refractivity contribution >= 4 is 15.9 Å². The number of hydrogen-bond donors (Lipinski definition) is 0. The van der Waals surface area contributed by atoms with Crippen LogP contribution in [0.1, 0.15) is 30.9 Å². The van der Waals surface area contributed by atoms with Crippen molar-refractivity contribution in [3.05, 3.63) is 53.6 Å². The summed E-state index contributed by atoms with van der Waals surface area (Å²) < 4.78 is 38.9. The quantitative estimate of drug-likeness (QED) is 0.645. The predicted molar refractivity (Wildman–Crippen MR) is 121 cm³/mol. The highest BCUT2D eigenvalue weighted by Gasteiger charge is 2.34. The average Bonchev–Trinajstić information content (AvgIpc) is 2.87. The first-order valence-electron chi connectivity index (χ1n) is 11.1. The van der Waals surface area contributed by atoms with E-state index in [1.54, 1.807) is 17.0 Å². The van der Waals surface area contributed by atoms with Crippen LogP contribution >= 0.6 is 0 Å². The molecule has 0 atom stereocenters. The topological polar surface area (TPSA) is 99.9 Å². The zero-order chi connectivity index (χ0) is 23.4. The van der Waals surface area contributed by atoms with Gasteiger partial charge in [-0.2, -0.15) is 9.57 Å². The van der Waals surface area contributed by atoms with Crippen LogP contribution in [0.15, 0.2) is 47.4 Å². The summed E-state index contributed by atoms with van der Waals surface area (Å²) in [6.07, 6.45) is 0.881. The first kappa shape index (κ1) is 23.1. The molecule has 2 aliphatic heterocycles. The van der Waals surface area contributed by atoms with Crippen molar-refractivity contribution in [1.29, 1.82) is 5.26 Å². The molecule has 1 saturated heterocycles. The normalized spacial score (nSPS) is 16.7. The van der Waals surface area contributed by atoms with Gasteiger partial charge in [0.2, 0.25) is 15.9 Å². The van der Waals surface area contributed by atoms with Gasteiger partial charge in [0, 0.05) is 37.7 Å². The number of nitrogens with zero attached hydrogens (tertiary/aromatic N) is 3. The smallest absolute Gasteiger partial charge is 0.244 e. The predicted octanol–water partition coefficient (Wildman–Crippen LogP) is 2.78. The summed E-state index contributed by atoms with van der Waals surface area (Å²) in [5.74, 6) is 1.14. The van der Waals surface area contributed by atoms with E-state index in [4.69, 9.17) is 9.47 Å². The molecule has 2 heterocycles. The van der Waals surface area contributed by atoms with Gasteiger partial charge in [0.1, 0.15) is 19.3 Å². The number of para-hydroxylation sites is 1. The number of ether oxygens (including phenoxy) is 2. The molecule has 2 aromatic rings. The summed E-state index contributed by atoms with van der Waals surface area (Å²) in [7, 11) is -3.78. The van der Waals surface area contributed by atoms with Gasteiger partial charge in [-0.15, -0.1) is 0 Å². The van der Waals surface area contributed by atoms with Gasteiger partial charge in [-0.3, -0.25) is 4.79 Å². The Morgan fingerprint density at radius 2 is 1.85 bits per heavy atom. The first-order chi connectivity index (χ1) is 16.0. The van der Waals surface area contributed by atoms with E-state index in [0.717, 1.165) is 5.56 Å². The third kappa shape index (κ3) is 4.68. The van der Waals surface area contributed by atoms with E-state index in [-0.39, 0.29) is 35.4 Å². The van der Waals surface area contributed by atoms with Crippen molar-refractivity contribution in [2.75, 3.05) is 32.8 Å². The molecule has 0 aromatic heterocycles. The maximum absolute atomic E-state index is 13.3. The molecule has 1 fully saturated rings. The molecule has 0 saturated carbocycles. The number of nitriles is 1. The first-order valence-corrected chi connectivity index (χ1v) is 12.5. The molecule has 1 amide bonds. The standard InChI is InChI=1S/C24H27N3O5S/c1-2-26(17-20-7-5-8-21-23(20)32-15-14-31-21)24(28)18-10-12-27(13-11-18)33(29,30)22-9-4-3-6-19(22)16-25/h3-9,18H,2,10-15,17H2,1H3. The number of fused-ring (bicyclic) bond motifs is 1. The van der Waals surface area contributed by atoms with E-state index in [0.29, 0.717) is 50.6 Å². The Balaban J connectivity index is 1.43. The molecule has 0 aliphatic carbocycles. The molecule has 0 radical (unpaired) electrons. The van der Waals surface area contributed by atoms with Crippen molar-refractivity contribution in [3.63, 3.8) is 0 Å². The molecular formula is C24H27N3O5S. The lowest BCUT2D eigenvalue weighted by molar-refractivity contribution is -0.137. The number of amides is 1. The molecule has 33 heavy (non-hydrogen) atoms. The van der Waals surface area contributed by atoms with Crippen LogP contribution in [-0.4, -0.2) is 56.4 Å². The minimum atomic E-state index is -3.78. The fraction of sp³-hybridized carbons (Fsp3) is 0.417. The second-order valence-electron chi connectivity index (χ2n) is 8.08. The van der Waals surface area contributed by atoms with E-state index >= 15 is 0 Å². The van der Waals surface area contributed by atoms with Gasteiger partial charge in [0.15, 0.2) is 11.5 Å². The lowest BCUT2D eigenvalue weighted by Crippen LogP contribution is -2.44. The van der Waals surface area contributed by atoms with Crippen LogP contribution in [0.25, 0.3) is 0 Å². The second-order valence-corrected chi connectivity index (χ2v) is 9.99. The summed E-state index contributed by atoms with van der Waals surface area (Å²) in [5, 5.41) is 9.28. The summed E-state index contributed by atoms with van der Waals surface area (Å²) in [6.45, 7) is 4.36. The zero-order valence-corrected chi connectivity index (χ0v) is 19.4. The minimum absolute atomic E-state index is 0.0151. The fourth-order valence-corrected chi connectivity index (χ4v) is 5.95. The minimum Gasteiger partial charge on any atom is -0.486 e. The van der Waals surface area contributed by atoms with Gasteiger partial charge < -0.3 is 14.4 Å². The highest BCUT2D eigenvalue weighted by molar-refractivity contribution is 7.89. The molecule has 4 rings (SSSR count). The Morgan fingerprint density at radius 1 is 1.12 bits per heavy atom. The van der Waals surface area contributed by atoms with E-state index in [9.17, 15) is 18.5 Å². The van der Waals surface area contributed by atoms with Crippen LogP contribution in [0.2, 0.25) is 0 Å². The molecule has 8 nitrogen and oxygen atoms in total. The third-order valence-corrected chi connectivity index (χ3v) is 8.09. The maximum Gasteiger partial charge on any atom is 0.244 e. The fourth-order valence-electron chi connectivity index (χ4n) is 4.33. The summed E-state index contributed by atoms with van der Waals surface area (Å²) in [4.78, 5) is 15.1. The van der Waals surface area contributed by atoms with Crippen molar-refractivity contribution in [1.82, 2.24) is 9.21 Å². The number of piperidine rings is 1. The van der Waals surface area contributed by atoms with E-state index in [1.165, 1.54) is 16.4 Å². The van der Waals surface area contributed by atoms with Crippen molar-refractivity contribution in [2.24, 2.45) is 5.92 Å². The average molecular weight is 470 g/mol. The lowest BCUT2D eigenvalue weighted by Gasteiger charge is -2.34. The van der Waals surface area contributed by atoms with Crippen LogP contribution in [0.3, 0.4) is 0 Å². The van der Waals surface area contributed by atoms with Gasteiger partial charge in [-0.1, -0.05) is 24.3 Å². The Labute approximate surface area is 194 Å². The van der Waals surface area contributed by atoms with Crippen LogP contribution in [0.4, 0.5) is 0 Å². The molecule has 0 unspecified atom stereocenters. The summed E-state index contributed by atoms with van der Waals surface area (Å²) in [6, 6.07) is 13.8. The zero-order valence-electron chi connectivity index (χ0n) is 18.6. The number of sulfonamides is 1. The van der Waals surface area contributed by atoms with Gasteiger partial charge >= 0.3 is 0 Å². The van der Waals surface area contributed by atoms with Crippen molar-refractivity contribution in [2.45, 2.75) is 31.2 Å². The van der Waals surface area contributed by atoms with Gasteiger partial charge in [-0.05, 0) is 38.0 Å². The van der Waals surface area contributed by atoms with E-state index < -0.39 is 10.0 Å². The molecule has 0 bridgehead atoms. The molecule has 174 valence electrons. The highest BCUT2D eigenvalue weighted by atomic mass is 32.2. The monoisotopic (exact) mass is 469 g/mol. The largest absolute Gasteiger partial charge is 0.486 e. The lowest BCUT2D eigenvalue weighted by atomic mass is 9.96. The second kappa shape index (κ2) is 9.81. The summed E-state index contributed by atoms with van der Waals surface area (Å²) >= 11 is 0. The number of benzene rings is 2. The highest BCUT2D eigenvalue weighted by Crippen LogP contribution is 2.35. The van der Waals surface area contributed by atoms with Crippen LogP contribution in [-0.2, 0) is 21.4 Å². The summed E-state index contributed by atoms with van der Waals surface area (Å²) in [5.41, 5.74) is 1.03. The third-order valence-electron chi connectivity index (χ3n) is 6.13. The Morgan fingerprint density at radius 3 is 2.58 bits per heavy atom. The molecule has 2 aliphatic rings. The van der Waals surface area contributed by atoms with Gasteiger partial charge in [0.25, 0.3) is 0 Å². The number of rotatable bonds is 6. The molecular weight excluding hydrogens is 442 g/mol. The molecule has 2 aromatic carbocycles. The number of hydrogen-bond acceptors (Lipinski definition) is 6. The van der Waals surface area contributed by atoms with E-state index in [2.05, 4.69) is 0 Å². The van der Waals surface area contributed by atoms with Crippen LogP contribution < -0.4 is 9.47 Å². The van der Waals surface area contributed by atoms with Gasteiger partial charge in [-0.25, -0.2) is 8.42 Å². The van der Waals surface area contributed by atoms with Crippen molar-refractivity contribution < 1.29 is 22.7 Å². The molecule has 9 heteroatoms. The molecule has 0 spiro atoms. The number of carbonyl (C=O) groups is 1. The number of carbonyl (C=O) groups excluding carboxylic acids is 1. The van der Waals surface area contributed by atoms with Crippen molar-refractivity contribution in [3.8, 4) is 17.6 Å². The van der Waals surface area contributed by atoms with E-state index in [1.807, 2.05) is 31.2 Å². The van der Waals surface area contributed by atoms with Crippen LogP contribution in [0, 0.1) is 17.2 Å². The SMILES string of the molecule is CCN(Cc1cccc2c1OCCO2)C(=O)C1CCN(S(=O)(=O)c2ccccc2C#N)CC1. The molecule has 0 N–H and O–H groups in total. The Hall–Kier alpha value is -3.09.